The molecule has 0 heterocycles. The van der Waals surface area contributed by atoms with Crippen molar-refractivity contribution >= 4 is 46.5 Å². The maximum Gasteiger partial charge on any atom is 0.220 e. The number of ether oxygens (including phenoxy) is 4. The first kappa shape index (κ1) is 104. The maximum atomic E-state index is 12.8. The molecule has 0 aliphatic heterocycles. The number of nitrogens with one attached hydrogen (secondary N) is 7. The topological polar surface area (TPSA) is 258 Å². The monoisotopic (exact) mass is 1540 g/mol. The van der Waals surface area contributed by atoms with Crippen molar-refractivity contribution in [1.82, 2.24) is 37.2 Å². The van der Waals surface area contributed by atoms with Gasteiger partial charge in [-0.05, 0) is 206 Å². The van der Waals surface area contributed by atoms with Crippen LogP contribution in [-0.2, 0) is 57.3 Å². The lowest BCUT2D eigenvalue weighted by Crippen LogP contribution is -2.63. The Hall–Kier alpha value is -3.40. The summed E-state index contributed by atoms with van der Waals surface area (Å²) in [5.41, 5.74) is 0.521. The van der Waals surface area contributed by atoms with Crippen LogP contribution in [0, 0.1) is 81.8 Å². The number of hydrogen-bond acceptors (Lipinski definition) is 17. The van der Waals surface area contributed by atoms with Gasteiger partial charge in [-0.2, -0.15) is 0 Å². The van der Waals surface area contributed by atoms with Crippen LogP contribution in [0.2, 0.25) is 0 Å². The third kappa shape index (κ3) is 36.5. The summed E-state index contributed by atoms with van der Waals surface area (Å²) in [5.74, 6) is 2.65. The van der Waals surface area contributed by atoms with Crippen molar-refractivity contribution in [3.63, 3.8) is 0 Å². The molecule has 4 aliphatic rings. The van der Waals surface area contributed by atoms with Gasteiger partial charge >= 0.3 is 0 Å². The van der Waals surface area contributed by atoms with Crippen LogP contribution in [0.5, 0.6) is 0 Å². The van der Waals surface area contributed by atoms with Crippen molar-refractivity contribution in [2.75, 3.05) is 26.7 Å². The van der Waals surface area contributed by atoms with E-state index in [4.69, 9.17) is 18.9 Å². The third-order valence-electron chi connectivity index (χ3n) is 23.1. The van der Waals surface area contributed by atoms with Gasteiger partial charge in [0.1, 0.15) is 5.78 Å². The highest BCUT2D eigenvalue weighted by Gasteiger charge is 2.67. The zero-order valence-electron chi connectivity index (χ0n) is 75.7. The van der Waals surface area contributed by atoms with Crippen molar-refractivity contribution in [2.45, 2.75) is 421 Å². The Balaban J connectivity index is 0.000000787. The summed E-state index contributed by atoms with van der Waals surface area (Å²) in [6, 6.07) is -0.730. The molecular weight excluding hydrogens is 1370 g/mol. The van der Waals surface area contributed by atoms with Gasteiger partial charge in [-0.25, -0.2) is 0 Å². The molecule has 0 bridgehead atoms. The van der Waals surface area contributed by atoms with Crippen LogP contribution in [0.1, 0.15) is 324 Å². The minimum absolute atomic E-state index is 0.0176. The second kappa shape index (κ2) is 51.5. The van der Waals surface area contributed by atoms with Gasteiger partial charge in [0.2, 0.25) is 11.8 Å². The van der Waals surface area contributed by atoms with Gasteiger partial charge in [-0.3, -0.25) is 38.4 Å². The van der Waals surface area contributed by atoms with Crippen LogP contribution < -0.4 is 37.2 Å². The van der Waals surface area contributed by atoms with Crippen molar-refractivity contribution in [3.05, 3.63) is 0 Å². The normalized spacial score (nSPS) is 24.3. The first-order valence-electron chi connectivity index (χ1n) is 43.6. The molecule has 19 heteroatoms. The van der Waals surface area contributed by atoms with Gasteiger partial charge in [0, 0.05) is 91.0 Å². The van der Waals surface area contributed by atoms with Crippen molar-refractivity contribution in [2.24, 2.45) is 81.8 Å². The fraction of sp³-hybridized carbons (Fsp3) is 0.911. The summed E-state index contributed by atoms with van der Waals surface area (Å²) < 4.78 is 26.5. The van der Waals surface area contributed by atoms with Gasteiger partial charge in [-0.15, -0.1) is 0 Å². The lowest BCUT2D eigenvalue weighted by molar-refractivity contribution is -0.238. The molecule has 0 aromatic rings. The van der Waals surface area contributed by atoms with Gasteiger partial charge in [0.05, 0.1) is 72.9 Å². The van der Waals surface area contributed by atoms with E-state index < -0.39 is 24.0 Å². The fourth-order valence-electron chi connectivity index (χ4n) is 17.6. The van der Waals surface area contributed by atoms with E-state index in [1.54, 1.807) is 41.5 Å². The minimum Gasteiger partial charge on any atom is -0.379 e. The summed E-state index contributed by atoms with van der Waals surface area (Å²) in [5, 5.41) is 21.9. The van der Waals surface area contributed by atoms with Crippen LogP contribution in [0.15, 0.2) is 0 Å². The molecule has 16 atom stereocenters. The highest BCUT2D eigenvalue weighted by molar-refractivity contribution is 5.93. The summed E-state index contributed by atoms with van der Waals surface area (Å²) >= 11 is 0. The lowest BCUT2D eigenvalue weighted by atomic mass is 9.43. The average molecular weight is 1540 g/mol. The molecule has 0 spiro atoms. The van der Waals surface area contributed by atoms with E-state index in [2.05, 4.69) is 155 Å². The molecule has 14 unspecified atom stereocenters. The summed E-state index contributed by atoms with van der Waals surface area (Å²) in [6.07, 6.45) is 15.6. The highest BCUT2D eigenvalue weighted by atomic mass is 16.5. The molecule has 0 radical (unpaired) electrons. The number of amides is 2. The number of ketones is 6. The Labute approximate surface area is 667 Å². The van der Waals surface area contributed by atoms with E-state index in [9.17, 15) is 38.4 Å². The maximum absolute atomic E-state index is 12.8. The van der Waals surface area contributed by atoms with E-state index in [0.717, 1.165) is 45.4 Å². The summed E-state index contributed by atoms with van der Waals surface area (Å²) in [4.78, 5) is 99.6. The third-order valence-corrected chi connectivity index (χ3v) is 23.1. The van der Waals surface area contributed by atoms with E-state index >= 15 is 0 Å². The summed E-state index contributed by atoms with van der Waals surface area (Å²) in [7, 11) is 1.94. The average Bonchev–Trinajstić information content (AvgIpc) is 1.66. The standard InChI is InChI=1S/C34H62O4.C30H53N3O6.C14H30N2O.C12H26N2O/c1-20(2)35-19-24(9)27-12-13-28-32-29(18-31(34(27,28)11)38-23(7)8)33(10)15-14-26(36-21(3)4)16-25(33)17-30(32)37-22(5)6;1-17(2)25(34)14-11-23(29(38)19(5)6)32-27(36)16-13-24(30(39)20(7)8)33-26(35)15-12-22(31-21(9)10)28(37)18(3)4;1-10(2)14(17)13(16-12(5)6)8-7-9-15-11(3)4;1-9(2)12(15)11(14-10(3)4)7-6-8-13-5/h20-32H,12-19H2,1-11H3;17-24,31H,11-16H2,1-10H3,(H,32,36)(H,33,35);10-13,15-16H,7-9H2,1-6H3;9-11,13-14H,6-8H2,1-5H3/t24-,25?,26?,27?,28?,29?,30?,31?,32?,33?,34?;;;11-/m1..0/s1. The zero-order valence-corrected chi connectivity index (χ0v) is 75.7. The zero-order chi connectivity index (χ0) is 83.7. The van der Waals surface area contributed by atoms with Crippen molar-refractivity contribution in [1.29, 1.82) is 0 Å². The Kier molecular flexibility index (Phi) is 49.0. The van der Waals surface area contributed by atoms with Gasteiger partial charge in [0.25, 0.3) is 0 Å². The van der Waals surface area contributed by atoms with E-state index in [1.807, 2.05) is 62.4 Å². The molecular formula is C90H171N7O12. The van der Waals surface area contributed by atoms with E-state index in [0.29, 0.717) is 101 Å². The lowest BCUT2D eigenvalue weighted by Gasteiger charge is -2.65. The van der Waals surface area contributed by atoms with Crippen LogP contribution in [0.25, 0.3) is 0 Å². The molecule has 4 fully saturated rings. The number of carbonyl (C=O) groups is 8. The molecule has 0 saturated heterocycles. The Morgan fingerprint density at radius 2 is 0.826 bits per heavy atom. The Bertz CT molecular complexity index is 2640. The second-order valence-electron chi connectivity index (χ2n) is 37.7. The largest absolute Gasteiger partial charge is 0.379 e. The Morgan fingerprint density at radius 1 is 0.413 bits per heavy atom. The first-order valence-corrected chi connectivity index (χ1v) is 43.6. The van der Waals surface area contributed by atoms with Crippen LogP contribution in [0.4, 0.5) is 0 Å². The van der Waals surface area contributed by atoms with Crippen molar-refractivity contribution < 1.29 is 57.3 Å². The predicted molar refractivity (Wildman–Crippen MR) is 449 cm³/mol. The molecule has 0 aromatic carbocycles. The number of rotatable bonds is 47. The smallest absolute Gasteiger partial charge is 0.220 e. The quantitative estimate of drug-likeness (QED) is 0.0280. The highest BCUT2D eigenvalue weighted by Crippen LogP contribution is 2.69. The number of carbonyl (C=O) groups excluding carboxylic acids is 8. The van der Waals surface area contributed by atoms with Gasteiger partial charge < -0.3 is 56.2 Å². The Morgan fingerprint density at radius 3 is 1.22 bits per heavy atom. The number of Topliss-reactive ketones (excluding diaryl/α,β-unsaturated/α-hetero) is 6. The molecule has 4 rings (SSSR count). The van der Waals surface area contributed by atoms with Gasteiger partial charge in [-0.1, -0.05) is 159 Å². The molecule has 109 heavy (non-hydrogen) atoms. The molecule has 638 valence electrons. The molecule has 0 aromatic heterocycles. The van der Waals surface area contributed by atoms with Crippen LogP contribution in [-0.4, -0.2) is 170 Å². The minimum atomic E-state index is -0.859. The number of hydrogen-bond donors (Lipinski definition) is 7. The number of fused-ring (bicyclic) bond motifs is 5. The molecule has 2 amide bonds. The first-order chi connectivity index (χ1) is 50.6. The second-order valence-corrected chi connectivity index (χ2v) is 37.7. The summed E-state index contributed by atoms with van der Waals surface area (Å²) in [6.45, 7) is 66.7. The SMILES string of the molecule is CC(C)NC(CCC(=O)NC(CCC(=O)NC(CCC(=O)C(C)C)C(=O)C(C)C)C(=O)C(C)C)C(=O)C(C)C.CC(C)NCCCC(NC(C)C)C(=O)C(C)C.CC(C)OC[C@@H](C)C1CCC2C3C(OC(C)C)CC4CC(OC(C)C)CCC4(C)C3CC(OC(C)C)C21C.CNCCC[C@H](NC(C)C)C(=O)C(C)C. The molecule has 19 nitrogen and oxygen atoms in total. The van der Waals surface area contributed by atoms with E-state index in [-0.39, 0.29) is 139 Å². The molecule has 4 aliphatic carbocycles. The van der Waals surface area contributed by atoms with Crippen molar-refractivity contribution in [3.8, 4) is 0 Å². The molecule has 7 N–H and O–H groups in total. The van der Waals surface area contributed by atoms with E-state index in [1.165, 1.54) is 44.9 Å². The van der Waals surface area contributed by atoms with Crippen LogP contribution >= 0.6 is 0 Å². The fourth-order valence-corrected chi connectivity index (χ4v) is 17.6. The van der Waals surface area contributed by atoms with Gasteiger partial charge in [0.15, 0.2) is 28.9 Å². The van der Waals surface area contributed by atoms with Crippen LogP contribution in [0.3, 0.4) is 0 Å². The molecule has 4 saturated carbocycles. The predicted octanol–water partition coefficient (Wildman–Crippen LogP) is 15.8.